The van der Waals surface area contributed by atoms with Crippen LogP contribution in [0.4, 0.5) is 4.39 Å². The molecular formula is C17H18FNO2S. The van der Waals surface area contributed by atoms with Gasteiger partial charge in [0.05, 0.1) is 4.90 Å². The van der Waals surface area contributed by atoms with Gasteiger partial charge in [0.15, 0.2) is 0 Å². The summed E-state index contributed by atoms with van der Waals surface area (Å²) < 4.78 is 39.5. The molecule has 2 aromatic rings. The molecule has 5 heteroatoms. The summed E-state index contributed by atoms with van der Waals surface area (Å²) in [7, 11) is -1.98. The van der Waals surface area contributed by atoms with Crippen molar-refractivity contribution >= 4 is 10.0 Å². The molecule has 1 aliphatic carbocycles. The zero-order valence-corrected chi connectivity index (χ0v) is 13.2. The van der Waals surface area contributed by atoms with Gasteiger partial charge in [-0.3, -0.25) is 0 Å². The highest BCUT2D eigenvalue weighted by atomic mass is 32.2. The van der Waals surface area contributed by atoms with Crippen molar-refractivity contribution in [3.63, 3.8) is 0 Å². The van der Waals surface area contributed by atoms with Crippen molar-refractivity contribution in [3.05, 3.63) is 65.0 Å². The first-order valence-corrected chi connectivity index (χ1v) is 8.73. The van der Waals surface area contributed by atoms with Crippen LogP contribution in [0, 0.1) is 5.82 Å². The third-order valence-electron chi connectivity index (χ3n) is 4.10. The van der Waals surface area contributed by atoms with Crippen LogP contribution in [0.3, 0.4) is 0 Å². The number of hydrogen-bond acceptors (Lipinski definition) is 2. The monoisotopic (exact) mass is 319 g/mol. The van der Waals surface area contributed by atoms with E-state index in [4.69, 9.17) is 0 Å². The number of hydrogen-bond donors (Lipinski definition) is 0. The maximum absolute atomic E-state index is 12.9. The molecule has 0 aliphatic heterocycles. The van der Waals surface area contributed by atoms with E-state index in [2.05, 4.69) is 0 Å². The maximum atomic E-state index is 12.9. The summed E-state index contributed by atoms with van der Waals surface area (Å²) in [6.07, 6.45) is 3.06. The highest BCUT2D eigenvalue weighted by Gasteiger charge is 2.23. The molecule has 3 rings (SSSR count). The second kappa shape index (κ2) is 5.82. The molecule has 0 aromatic heterocycles. The second-order valence-corrected chi connectivity index (χ2v) is 7.72. The van der Waals surface area contributed by atoms with Gasteiger partial charge < -0.3 is 0 Å². The second-order valence-electron chi connectivity index (χ2n) is 5.67. The van der Waals surface area contributed by atoms with E-state index >= 15 is 0 Å². The summed E-state index contributed by atoms with van der Waals surface area (Å²) in [5, 5.41) is 0. The molecule has 0 saturated heterocycles. The summed E-state index contributed by atoms with van der Waals surface area (Å²) in [6.45, 7) is 0.222. The summed E-state index contributed by atoms with van der Waals surface area (Å²) in [5.41, 5.74) is 3.14. The highest BCUT2D eigenvalue weighted by molar-refractivity contribution is 7.89. The van der Waals surface area contributed by atoms with Crippen LogP contribution in [0.5, 0.6) is 0 Å². The van der Waals surface area contributed by atoms with Crippen LogP contribution in [-0.2, 0) is 29.4 Å². The summed E-state index contributed by atoms with van der Waals surface area (Å²) >= 11 is 0. The number of benzene rings is 2. The predicted molar refractivity (Wildman–Crippen MR) is 83.5 cm³/mol. The Bertz CT molecular complexity index is 785. The number of halogens is 1. The van der Waals surface area contributed by atoms with E-state index in [1.807, 2.05) is 6.07 Å². The Hall–Kier alpha value is -1.72. The van der Waals surface area contributed by atoms with Crippen LogP contribution >= 0.6 is 0 Å². The number of sulfonamides is 1. The Morgan fingerprint density at radius 1 is 1.05 bits per heavy atom. The third-order valence-corrected chi connectivity index (χ3v) is 5.90. The smallest absolute Gasteiger partial charge is 0.207 e. The molecule has 3 nitrogen and oxygen atoms in total. The number of aryl methyl sites for hydroxylation is 2. The fraction of sp³-hybridized carbons (Fsp3) is 0.294. The molecule has 0 spiro atoms. The Kier molecular flexibility index (Phi) is 4.02. The van der Waals surface area contributed by atoms with Gasteiger partial charge >= 0.3 is 0 Å². The lowest BCUT2D eigenvalue weighted by molar-refractivity contribution is 0.466. The first kappa shape index (κ1) is 15.2. The lowest BCUT2D eigenvalue weighted by atomic mass is 10.1. The van der Waals surface area contributed by atoms with Crippen LogP contribution in [0.1, 0.15) is 23.1 Å². The van der Waals surface area contributed by atoms with Gasteiger partial charge in [-0.25, -0.2) is 12.8 Å². The molecule has 0 radical (unpaired) electrons. The summed E-state index contributed by atoms with van der Waals surface area (Å²) in [4.78, 5) is 0.331. The minimum absolute atomic E-state index is 0.222. The van der Waals surface area contributed by atoms with Crippen molar-refractivity contribution < 1.29 is 12.8 Å². The van der Waals surface area contributed by atoms with E-state index in [1.54, 1.807) is 31.3 Å². The van der Waals surface area contributed by atoms with Crippen LogP contribution < -0.4 is 0 Å². The Morgan fingerprint density at radius 2 is 1.73 bits per heavy atom. The fourth-order valence-corrected chi connectivity index (χ4v) is 4.03. The lowest BCUT2D eigenvalue weighted by Gasteiger charge is -2.18. The molecule has 1 aliphatic rings. The fourth-order valence-electron chi connectivity index (χ4n) is 2.82. The molecule has 0 saturated carbocycles. The van der Waals surface area contributed by atoms with Gasteiger partial charge in [-0.05, 0) is 60.2 Å². The summed E-state index contributed by atoms with van der Waals surface area (Å²) in [6, 6.07) is 11.3. The van der Waals surface area contributed by atoms with Gasteiger partial charge in [-0.2, -0.15) is 4.31 Å². The molecule has 0 N–H and O–H groups in total. The number of fused-ring (bicyclic) bond motifs is 1. The van der Waals surface area contributed by atoms with E-state index < -0.39 is 10.0 Å². The topological polar surface area (TPSA) is 37.4 Å². The number of rotatable bonds is 4. The van der Waals surface area contributed by atoms with Crippen LogP contribution in [0.2, 0.25) is 0 Å². The first-order valence-electron chi connectivity index (χ1n) is 7.29. The molecule has 22 heavy (non-hydrogen) atoms. The highest BCUT2D eigenvalue weighted by Crippen LogP contribution is 2.26. The molecule has 0 bridgehead atoms. The van der Waals surface area contributed by atoms with E-state index in [9.17, 15) is 12.8 Å². The van der Waals surface area contributed by atoms with Gasteiger partial charge in [0.1, 0.15) is 5.82 Å². The van der Waals surface area contributed by atoms with E-state index in [-0.39, 0.29) is 12.4 Å². The van der Waals surface area contributed by atoms with E-state index in [0.717, 1.165) is 30.4 Å². The minimum atomic E-state index is -3.53. The molecule has 116 valence electrons. The van der Waals surface area contributed by atoms with Gasteiger partial charge in [-0.15, -0.1) is 0 Å². The van der Waals surface area contributed by atoms with Crippen LogP contribution in [-0.4, -0.2) is 19.8 Å². The predicted octanol–water partition coefficient (Wildman–Crippen LogP) is 3.14. The molecule has 0 heterocycles. The van der Waals surface area contributed by atoms with Crippen LogP contribution in [0.25, 0.3) is 0 Å². The SMILES string of the molecule is CN(Cc1ccc(F)cc1)S(=O)(=O)c1ccc2c(c1)CCC2. The van der Waals surface area contributed by atoms with Gasteiger partial charge in [0, 0.05) is 13.6 Å². The van der Waals surface area contributed by atoms with Gasteiger partial charge in [0.25, 0.3) is 0 Å². The Labute approximate surface area is 130 Å². The van der Waals surface area contributed by atoms with E-state index in [1.165, 1.54) is 22.0 Å². The van der Waals surface area contributed by atoms with Crippen molar-refractivity contribution in [3.8, 4) is 0 Å². The first-order chi connectivity index (χ1) is 10.5. The van der Waals surface area contributed by atoms with Gasteiger partial charge in [-0.1, -0.05) is 18.2 Å². The van der Waals surface area contributed by atoms with Crippen molar-refractivity contribution in [1.82, 2.24) is 4.31 Å². The van der Waals surface area contributed by atoms with Crippen molar-refractivity contribution in [2.75, 3.05) is 7.05 Å². The normalized spacial score (nSPS) is 14.3. The minimum Gasteiger partial charge on any atom is -0.207 e. The Balaban J connectivity index is 1.84. The standard InChI is InChI=1S/C17H18FNO2S/c1-19(12-13-5-8-16(18)9-6-13)22(20,21)17-10-7-14-3-2-4-15(14)11-17/h5-11H,2-4,12H2,1H3. The Morgan fingerprint density at radius 3 is 2.45 bits per heavy atom. The lowest BCUT2D eigenvalue weighted by Crippen LogP contribution is -2.26. The van der Waals surface area contributed by atoms with Crippen molar-refractivity contribution in [2.45, 2.75) is 30.7 Å². The van der Waals surface area contributed by atoms with Crippen molar-refractivity contribution in [1.29, 1.82) is 0 Å². The van der Waals surface area contributed by atoms with Crippen LogP contribution in [0.15, 0.2) is 47.4 Å². The molecule has 0 amide bonds. The molecular weight excluding hydrogens is 301 g/mol. The zero-order chi connectivity index (χ0) is 15.7. The largest absolute Gasteiger partial charge is 0.243 e. The summed E-state index contributed by atoms with van der Waals surface area (Å²) in [5.74, 6) is -0.326. The average Bonchev–Trinajstić information content (AvgIpc) is 2.97. The molecule has 2 aromatic carbocycles. The average molecular weight is 319 g/mol. The molecule has 0 unspecified atom stereocenters. The van der Waals surface area contributed by atoms with Gasteiger partial charge in [0.2, 0.25) is 10.0 Å². The maximum Gasteiger partial charge on any atom is 0.243 e. The number of nitrogens with zero attached hydrogens (tertiary/aromatic N) is 1. The quantitative estimate of drug-likeness (QED) is 0.868. The third kappa shape index (κ3) is 2.91. The van der Waals surface area contributed by atoms with E-state index in [0.29, 0.717) is 4.90 Å². The van der Waals surface area contributed by atoms with Crippen molar-refractivity contribution in [2.24, 2.45) is 0 Å². The molecule has 0 atom stereocenters. The zero-order valence-electron chi connectivity index (χ0n) is 12.4. The molecule has 0 fully saturated rings.